The maximum atomic E-state index is 2.53. The van der Waals surface area contributed by atoms with Crippen LogP contribution in [0.4, 0.5) is 0 Å². The summed E-state index contributed by atoms with van der Waals surface area (Å²) in [6.07, 6.45) is 5.76. The predicted molar refractivity (Wildman–Crippen MR) is 147 cm³/mol. The standard InChI is InChI=1S/C32H37Si.3ClH.Ti/c1-23(2)26-12-9-17-30(20-26)33(29-15-7-8-16-29,31-18-10-13-27(21-31)24(3)4)32-19-11-14-28(22-32)25(5)6;;;;/h7-14,17-25H,15H2,1-6H3;3*1H;/q;;;;+3/p-3. The van der Waals surface area contributed by atoms with Gasteiger partial charge in [0.25, 0.3) is 0 Å². The molecule has 0 aromatic heterocycles. The molecule has 5 heteroatoms. The van der Waals surface area contributed by atoms with Gasteiger partial charge in [-0.2, -0.15) is 0 Å². The summed E-state index contributed by atoms with van der Waals surface area (Å²) in [5.41, 5.74) is 4.29. The van der Waals surface area contributed by atoms with Crippen LogP contribution in [0.2, 0.25) is 0 Å². The Hall–Kier alpha value is -1.06. The summed E-state index contributed by atoms with van der Waals surface area (Å²) in [7, 11) is -2.47. The molecule has 0 bridgehead atoms. The van der Waals surface area contributed by atoms with Gasteiger partial charge >= 0.3 is 220 Å². The number of rotatable bonds is 7. The molecule has 37 heavy (non-hydrogen) atoms. The Morgan fingerprint density at radius 1 is 0.595 bits per heavy atom. The molecular formula is C32H37Cl3SiTi. The summed E-state index contributed by atoms with van der Waals surface area (Å²) < 4.78 is 1.45. The largest absolute Gasteiger partial charge is 1.00 e. The molecule has 3 aromatic rings. The Bertz CT molecular complexity index is 1120. The van der Waals surface area contributed by atoms with Crippen LogP contribution in [0.3, 0.4) is 0 Å². The Labute approximate surface area is 256 Å². The minimum absolute atomic E-state index is 0. The summed E-state index contributed by atoms with van der Waals surface area (Å²) in [6, 6.07) is 28.6. The average Bonchev–Trinajstić information content (AvgIpc) is 3.26. The molecule has 3 aromatic carbocycles. The molecule has 0 N–H and O–H groups in total. The van der Waals surface area contributed by atoms with Gasteiger partial charge in [-0.3, -0.25) is 0 Å². The van der Waals surface area contributed by atoms with Gasteiger partial charge in [-0.1, -0.05) is 0 Å². The van der Waals surface area contributed by atoms with E-state index in [1.54, 1.807) is 5.20 Å². The summed E-state index contributed by atoms with van der Waals surface area (Å²) in [4.78, 5) is 0. The van der Waals surface area contributed by atoms with Crippen LogP contribution >= 0.6 is 0 Å². The van der Waals surface area contributed by atoms with Crippen LogP contribution in [0.25, 0.3) is 0 Å². The quantitative estimate of drug-likeness (QED) is 0.213. The zero-order valence-corrected chi connectivity index (χ0v) is 27.5. The normalized spacial score (nSPS) is 13.1. The van der Waals surface area contributed by atoms with Crippen molar-refractivity contribution in [2.45, 2.75) is 65.7 Å². The first kappa shape index (κ1) is 34.0. The first-order valence-electron chi connectivity index (χ1n) is 12.7. The molecule has 0 unspecified atom stereocenters. The van der Waals surface area contributed by atoms with Crippen molar-refractivity contribution >= 4 is 23.6 Å². The fourth-order valence-electron chi connectivity index (χ4n) is 5.28. The number of allylic oxidation sites excluding steroid dienone is 4. The van der Waals surface area contributed by atoms with Crippen LogP contribution in [0.1, 0.15) is 82.4 Å². The number of hydrogen-bond acceptors (Lipinski definition) is 0. The Balaban J connectivity index is 0.00000228. The van der Waals surface area contributed by atoms with Gasteiger partial charge in [0, 0.05) is 0 Å². The van der Waals surface area contributed by atoms with Crippen molar-refractivity contribution in [3.63, 3.8) is 0 Å². The van der Waals surface area contributed by atoms with Crippen molar-refractivity contribution in [2.75, 3.05) is 0 Å². The zero-order chi connectivity index (χ0) is 24.5. The van der Waals surface area contributed by atoms with Crippen molar-refractivity contribution in [1.29, 1.82) is 0 Å². The maximum absolute atomic E-state index is 2.53. The Morgan fingerprint density at radius 3 is 1.22 bits per heavy atom. The maximum Gasteiger partial charge on any atom is -1.00 e. The molecule has 4 rings (SSSR count). The van der Waals surface area contributed by atoms with Crippen LogP contribution in [0, 0.1) is 0 Å². The summed E-state index contributed by atoms with van der Waals surface area (Å²) in [5.74, 6) is 1.52. The third-order valence-electron chi connectivity index (χ3n) is 7.34. The van der Waals surface area contributed by atoms with Crippen molar-refractivity contribution in [1.82, 2.24) is 0 Å². The Morgan fingerprint density at radius 2 is 0.946 bits per heavy atom. The van der Waals surface area contributed by atoms with Gasteiger partial charge in [0.2, 0.25) is 0 Å². The second-order valence-corrected chi connectivity index (χ2v) is 15.3. The van der Waals surface area contributed by atoms with E-state index in [2.05, 4.69) is 147 Å². The number of benzene rings is 3. The van der Waals surface area contributed by atoms with Gasteiger partial charge in [-0.25, -0.2) is 0 Å². The molecule has 1 aliphatic rings. The third kappa shape index (κ3) is 6.75. The molecule has 0 nitrogen and oxygen atoms in total. The van der Waals surface area contributed by atoms with Gasteiger partial charge in [0.1, 0.15) is 0 Å². The van der Waals surface area contributed by atoms with Crippen molar-refractivity contribution in [3.8, 4) is 0 Å². The van der Waals surface area contributed by atoms with Crippen molar-refractivity contribution in [3.05, 3.63) is 111 Å². The molecule has 0 saturated heterocycles. The molecule has 0 aliphatic heterocycles. The minimum Gasteiger partial charge on any atom is -1.00 e. The predicted octanol–water partition coefficient (Wildman–Crippen LogP) is -2.16. The third-order valence-corrected chi connectivity index (χ3v) is 13.4. The SMILES string of the molecule is CC(C)c1cccc([Si](C2=[C]([Ti+3])C=CC2)(c2cccc(C(C)C)c2)c2cccc(C(C)C)c2)c1.[Cl-].[Cl-].[Cl-]. The smallest absolute Gasteiger partial charge is 1.00 e. The van der Waals surface area contributed by atoms with Gasteiger partial charge < -0.3 is 37.2 Å². The summed E-state index contributed by atoms with van der Waals surface area (Å²) in [5, 5.41) is 6.17. The zero-order valence-electron chi connectivity index (χ0n) is 22.7. The first-order chi connectivity index (χ1) is 16.2. The molecule has 0 heterocycles. The topological polar surface area (TPSA) is 0 Å². The van der Waals surface area contributed by atoms with E-state index in [0.29, 0.717) is 17.8 Å². The van der Waals surface area contributed by atoms with Gasteiger partial charge in [-0.15, -0.1) is 0 Å². The molecule has 0 amide bonds. The van der Waals surface area contributed by atoms with E-state index in [4.69, 9.17) is 0 Å². The van der Waals surface area contributed by atoms with E-state index in [9.17, 15) is 0 Å². The van der Waals surface area contributed by atoms with E-state index < -0.39 is 8.07 Å². The van der Waals surface area contributed by atoms with Crippen molar-refractivity contribution in [2.24, 2.45) is 0 Å². The van der Waals surface area contributed by atoms with E-state index in [0.717, 1.165) is 6.42 Å². The van der Waals surface area contributed by atoms with Crippen LogP contribution in [0.15, 0.2) is 94.0 Å². The molecule has 1 aliphatic carbocycles. The molecule has 0 radical (unpaired) electrons. The molecular weight excluding hydrogens is 567 g/mol. The number of halogens is 3. The Kier molecular flexibility index (Phi) is 13.2. The van der Waals surface area contributed by atoms with E-state index in [1.165, 1.54) is 36.1 Å². The van der Waals surface area contributed by atoms with E-state index in [-0.39, 0.29) is 37.2 Å². The average molecular weight is 604 g/mol. The molecule has 0 atom stereocenters. The molecule has 0 saturated carbocycles. The van der Waals surface area contributed by atoms with E-state index in [1.807, 2.05) is 0 Å². The first-order valence-corrected chi connectivity index (χ1v) is 15.5. The van der Waals surface area contributed by atoms with Gasteiger partial charge in [0.05, 0.1) is 0 Å². The van der Waals surface area contributed by atoms with Gasteiger partial charge in [0.15, 0.2) is 0 Å². The second kappa shape index (κ2) is 14.4. The van der Waals surface area contributed by atoms with Crippen molar-refractivity contribution < 1.29 is 57.7 Å². The fourth-order valence-corrected chi connectivity index (χ4v) is 11.6. The van der Waals surface area contributed by atoms with Gasteiger partial charge in [-0.05, 0) is 0 Å². The fraction of sp³-hybridized carbons (Fsp3) is 0.312. The van der Waals surface area contributed by atoms with Crippen LogP contribution in [-0.2, 0) is 20.4 Å². The van der Waals surface area contributed by atoms with Crippen LogP contribution in [-0.4, -0.2) is 8.07 Å². The number of hydrogen-bond donors (Lipinski definition) is 0. The molecule has 0 spiro atoms. The summed E-state index contributed by atoms with van der Waals surface area (Å²) >= 11 is 2.32. The van der Waals surface area contributed by atoms with E-state index >= 15 is 0 Å². The summed E-state index contributed by atoms with van der Waals surface area (Å²) in [6.45, 7) is 13.8. The monoisotopic (exact) mass is 602 g/mol. The van der Waals surface area contributed by atoms with Crippen LogP contribution in [0.5, 0.6) is 0 Å². The second-order valence-electron chi connectivity index (χ2n) is 10.6. The van der Waals surface area contributed by atoms with Crippen LogP contribution < -0.4 is 52.8 Å². The minimum atomic E-state index is -2.47. The molecule has 194 valence electrons. The molecule has 0 fully saturated rings.